The molecule has 0 aromatic heterocycles. The highest BCUT2D eigenvalue weighted by Crippen LogP contribution is 2.19. The van der Waals surface area contributed by atoms with E-state index in [0.29, 0.717) is 17.9 Å². The van der Waals surface area contributed by atoms with E-state index in [-0.39, 0.29) is 0 Å². The van der Waals surface area contributed by atoms with Crippen LogP contribution in [-0.2, 0) is 4.79 Å². The average molecular weight is 273 g/mol. The summed E-state index contributed by atoms with van der Waals surface area (Å²) < 4.78 is 41.0. The number of hydrogen-bond donors (Lipinski definition) is 1. The highest BCUT2D eigenvalue weighted by Gasteiger charge is 2.27. The molecular weight excluding hydrogens is 259 g/mol. The molecule has 0 aliphatic rings. The SMILES string of the molecule is CCOc1ccccc1C=CC(=O)NCC(F)(F)F. The lowest BCUT2D eigenvalue weighted by Gasteiger charge is -2.07. The van der Waals surface area contributed by atoms with Crippen molar-refractivity contribution in [2.75, 3.05) is 13.2 Å². The molecule has 0 spiro atoms. The van der Waals surface area contributed by atoms with Crippen LogP contribution in [0.3, 0.4) is 0 Å². The van der Waals surface area contributed by atoms with Gasteiger partial charge < -0.3 is 10.1 Å². The molecule has 1 rings (SSSR count). The first-order chi connectivity index (χ1) is 8.92. The van der Waals surface area contributed by atoms with Crippen molar-refractivity contribution in [3.8, 4) is 5.75 Å². The minimum absolute atomic E-state index is 0.463. The van der Waals surface area contributed by atoms with Crippen LogP contribution >= 0.6 is 0 Å². The van der Waals surface area contributed by atoms with Crippen LogP contribution in [0.25, 0.3) is 6.08 Å². The smallest absolute Gasteiger partial charge is 0.405 e. The Morgan fingerprint density at radius 3 is 2.68 bits per heavy atom. The zero-order valence-electron chi connectivity index (χ0n) is 10.3. The predicted molar refractivity (Wildman–Crippen MR) is 65.7 cm³/mol. The lowest BCUT2D eigenvalue weighted by Crippen LogP contribution is -2.32. The van der Waals surface area contributed by atoms with Gasteiger partial charge in [-0.2, -0.15) is 13.2 Å². The Bertz CT molecular complexity index is 455. The van der Waals surface area contributed by atoms with Gasteiger partial charge in [0.15, 0.2) is 0 Å². The van der Waals surface area contributed by atoms with Crippen LogP contribution in [0.1, 0.15) is 12.5 Å². The summed E-state index contributed by atoms with van der Waals surface area (Å²) >= 11 is 0. The Morgan fingerprint density at radius 2 is 2.05 bits per heavy atom. The van der Waals surface area contributed by atoms with E-state index in [2.05, 4.69) is 0 Å². The molecule has 0 fully saturated rings. The van der Waals surface area contributed by atoms with Crippen molar-refractivity contribution in [2.45, 2.75) is 13.1 Å². The monoisotopic (exact) mass is 273 g/mol. The molecule has 0 radical (unpaired) electrons. The van der Waals surface area contributed by atoms with Gasteiger partial charge in [-0.05, 0) is 19.1 Å². The van der Waals surface area contributed by atoms with Gasteiger partial charge in [-0.15, -0.1) is 0 Å². The van der Waals surface area contributed by atoms with Gasteiger partial charge >= 0.3 is 6.18 Å². The fourth-order valence-electron chi connectivity index (χ4n) is 1.32. The minimum atomic E-state index is -4.41. The third-order valence-corrected chi connectivity index (χ3v) is 2.10. The molecule has 19 heavy (non-hydrogen) atoms. The number of halogens is 3. The molecule has 6 heteroatoms. The number of amides is 1. The van der Waals surface area contributed by atoms with Crippen molar-refractivity contribution in [1.82, 2.24) is 5.32 Å². The number of nitrogens with one attached hydrogen (secondary N) is 1. The molecule has 0 aliphatic carbocycles. The molecule has 0 heterocycles. The van der Waals surface area contributed by atoms with E-state index < -0.39 is 18.6 Å². The van der Waals surface area contributed by atoms with E-state index in [4.69, 9.17) is 4.74 Å². The molecule has 0 bridgehead atoms. The van der Waals surface area contributed by atoms with Crippen LogP contribution in [0.15, 0.2) is 30.3 Å². The Hall–Kier alpha value is -1.98. The second kappa shape index (κ2) is 6.82. The van der Waals surface area contributed by atoms with Gasteiger partial charge in [-0.25, -0.2) is 0 Å². The van der Waals surface area contributed by atoms with Crippen molar-refractivity contribution in [3.63, 3.8) is 0 Å². The second-order valence-electron chi connectivity index (χ2n) is 3.64. The summed E-state index contributed by atoms with van der Waals surface area (Å²) in [7, 11) is 0. The van der Waals surface area contributed by atoms with Gasteiger partial charge in [-0.3, -0.25) is 4.79 Å². The van der Waals surface area contributed by atoms with Gasteiger partial charge in [0.2, 0.25) is 5.91 Å². The molecule has 0 saturated carbocycles. The van der Waals surface area contributed by atoms with Gasteiger partial charge in [0.1, 0.15) is 12.3 Å². The number of alkyl halides is 3. The second-order valence-corrected chi connectivity index (χ2v) is 3.64. The lowest BCUT2D eigenvalue weighted by atomic mass is 10.2. The molecule has 1 aromatic rings. The molecule has 0 aliphatic heterocycles. The number of benzene rings is 1. The molecule has 1 aromatic carbocycles. The lowest BCUT2D eigenvalue weighted by molar-refractivity contribution is -0.135. The number of ether oxygens (including phenoxy) is 1. The first-order valence-electron chi connectivity index (χ1n) is 5.67. The Balaban J connectivity index is 2.63. The van der Waals surface area contributed by atoms with E-state index in [0.717, 1.165) is 6.08 Å². The van der Waals surface area contributed by atoms with E-state index in [1.54, 1.807) is 29.6 Å². The third-order valence-electron chi connectivity index (χ3n) is 2.10. The van der Waals surface area contributed by atoms with Crippen molar-refractivity contribution in [2.24, 2.45) is 0 Å². The van der Waals surface area contributed by atoms with Crippen molar-refractivity contribution >= 4 is 12.0 Å². The minimum Gasteiger partial charge on any atom is -0.493 e. The predicted octanol–water partition coefficient (Wildman–Crippen LogP) is 2.78. The van der Waals surface area contributed by atoms with Crippen LogP contribution in [0.2, 0.25) is 0 Å². The summed E-state index contributed by atoms with van der Waals surface area (Å²) in [4.78, 5) is 11.2. The summed E-state index contributed by atoms with van der Waals surface area (Å²) in [5.74, 6) is -0.228. The Labute approximate surface area is 109 Å². The van der Waals surface area contributed by atoms with Crippen LogP contribution in [-0.4, -0.2) is 25.2 Å². The average Bonchev–Trinajstić information content (AvgIpc) is 2.35. The van der Waals surface area contributed by atoms with Crippen LogP contribution in [0.5, 0.6) is 5.75 Å². The summed E-state index contributed by atoms with van der Waals surface area (Å²) in [6.45, 7) is 0.935. The summed E-state index contributed by atoms with van der Waals surface area (Å²) in [5, 5.41) is 1.75. The largest absolute Gasteiger partial charge is 0.493 e. The highest BCUT2D eigenvalue weighted by molar-refractivity contribution is 5.92. The van der Waals surface area contributed by atoms with Crippen LogP contribution in [0, 0.1) is 0 Å². The van der Waals surface area contributed by atoms with Crippen LogP contribution < -0.4 is 10.1 Å². The maximum atomic E-state index is 11.9. The number of hydrogen-bond acceptors (Lipinski definition) is 2. The van der Waals surface area contributed by atoms with Gasteiger partial charge in [0.05, 0.1) is 6.61 Å². The van der Waals surface area contributed by atoms with E-state index in [9.17, 15) is 18.0 Å². The van der Waals surface area contributed by atoms with Gasteiger partial charge in [-0.1, -0.05) is 18.2 Å². The summed E-state index contributed by atoms with van der Waals surface area (Å²) in [6.07, 6.45) is -1.95. The van der Waals surface area contributed by atoms with Gasteiger partial charge in [0, 0.05) is 11.6 Å². The first-order valence-corrected chi connectivity index (χ1v) is 5.67. The Morgan fingerprint density at radius 1 is 1.37 bits per heavy atom. The number of carbonyl (C=O) groups excluding carboxylic acids is 1. The van der Waals surface area contributed by atoms with Crippen molar-refractivity contribution in [1.29, 1.82) is 0 Å². The molecular formula is C13H14F3NO2. The summed E-state index contributed by atoms with van der Waals surface area (Å²) in [5.41, 5.74) is 0.631. The fourth-order valence-corrected chi connectivity index (χ4v) is 1.32. The highest BCUT2D eigenvalue weighted by atomic mass is 19.4. The summed E-state index contributed by atoms with van der Waals surface area (Å²) in [6, 6.07) is 6.94. The molecule has 1 N–H and O–H groups in total. The van der Waals surface area contributed by atoms with E-state index in [1.807, 2.05) is 6.92 Å². The third kappa shape index (κ3) is 5.94. The van der Waals surface area contributed by atoms with E-state index >= 15 is 0 Å². The van der Waals surface area contributed by atoms with E-state index in [1.165, 1.54) is 6.08 Å². The van der Waals surface area contributed by atoms with Crippen molar-refractivity contribution in [3.05, 3.63) is 35.9 Å². The molecule has 0 unspecified atom stereocenters. The molecule has 0 saturated heterocycles. The zero-order valence-corrected chi connectivity index (χ0v) is 10.3. The maximum Gasteiger partial charge on any atom is 0.405 e. The van der Waals surface area contributed by atoms with Crippen LogP contribution in [0.4, 0.5) is 13.2 Å². The van der Waals surface area contributed by atoms with Crippen molar-refractivity contribution < 1.29 is 22.7 Å². The molecule has 1 amide bonds. The Kier molecular flexibility index (Phi) is 5.41. The topological polar surface area (TPSA) is 38.3 Å². The fraction of sp³-hybridized carbons (Fsp3) is 0.308. The standard InChI is InChI=1S/C13H14F3NO2/c1-2-19-11-6-4-3-5-10(11)7-8-12(18)17-9-13(14,15)16/h3-8H,2,9H2,1H3,(H,17,18). The molecule has 0 atom stereocenters. The molecule has 104 valence electrons. The number of carbonyl (C=O) groups is 1. The molecule has 3 nitrogen and oxygen atoms in total. The number of para-hydroxylation sites is 1. The first kappa shape index (κ1) is 15.1. The van der Waals surface area contributed by atoms with Gasteiger partial charge in [0.25, 0.3) is 0 Å². The number of rotatable bonds is 5. The normalized spacial score (nSPS) is 11.6. The zero-order chi connectivity index (χ0) is 14.3. The maximum absolute atomic E-state index is 11.9. The quantitative estimate of drug-likeness (QED) is 0.838.